The highest BCUT2D eigenvalue weighted by atomic mass is 16.5. The molecule has 3 N–H and O–H groups in total. The van der Waals surface area contributed by atoms with Crippen molar-refractivity contribution in [3.63, 3.8) is 0 Å². The van der Waals surface area contributed by atoms with Crippen LogP contribution in [-0.4, -0.2) is 52.3 Å². The van der Waals surface area contributed by atoms with Crippen LogP contribution in [0.3, 0.4) is 0 Å². The summed E-state index contributed by atoms with van der Waals surface area (Å²) in [5, 5.41) is 9.21. The van der Waals surface area contributed by atoms with Crippen molar-refractivity contribution < 1.29 is 14.3 Å². The van der Waals surface area contributed by atoms with Gasteiger partial charge in [0.1, 0.15) is 0 Å². The van der Waals surface area contributed by atoms with E-state index in [1.54, 1.807) is 14.2 Å². The third-order valence-corrected chi connectivity index (χ3v) is 4.68. The van der Waals surface area contributed by atoms with Crippen molar-refractivity contribution in [3.8, 4) is 11.5 Å². The molecule has 7 nitrogen and oxygen atoms in total. The van der Waals surface area contributed by atoms with Crippen molar-refractivity contribution in [3.05, 3.63) is 59.7 Å². The van der Waals surface area contributed by atoms with E-state index in [0.717, 1.165) is 37.3 Å². The van der Waals surface area contributed by atoms with Gasteiger partial charge >= 0.3 is 0 Å². The maximum absolute atomic E-state index is 12.0. The summed E-state index contributed by atoms with van der Waals surface area (Å²) < 4.78 is 11.0. The summed E-state index contributed by atoms with van der Waals surface area (Å²) in [6, 6.07) is 16.1. The number of ether oxygens (including phenoxy) is 2. The Morgan fingerprint density at radius 1 is 0.935 bits per heavy atom. The van der Waals surface area contributed by atoms with Crippen molar-refractivity contribution in [2.24, 2.45) is 4.99 Å². The van der Waals surface area contributed by atoms with Crippen LogP contribution in [0.25, 0.3) is 0 Å². The van der Waals surface area contributed by atoms with Gasteiger partial charge in [0.25, 0.3) is 0 Å². The summed E-state index contributed by atoms with van der Waals surface area (Å²) in [7, 11) is 3.34. The first kappa shape index (κ1) is 24.1. The number of nitrogens with one attached hydrogen (secondary N) is 3. The molecule has 0 saturated heterocycles. The average Bonchev–Trinajstić information content (AvgIpc) is 2.79. The van der Waals surface area contributed by atoms with Crippen LogP contribution in [0.2, 0.25) is 0 Å². The lowest BCUT2D eigenvalue weighted by atomic mass is 10.1. The number of methoxy groups -OCH3 is 1. The molecule has 0 saturated carbocycles. The standard InChI is InChI=1S/C24H34N4O3/c1-4-31-22-17-20(12-13-21(22)30-3)11-8-15-27-24(25-2)28-18-23(29)26-16-14-19-9-6-5-7-10-19/h5-7,9-10,12-13,17H,4,8,11,14-16,18H2,1-3H3,(H,26,29)(H2,25,27,28). The van der Waals surface area contributed by atoms with E-state index in [2.05, 4.69) is 33.1 Å². The van der Waals surface area contributed by atoms with Gasteiger partial charge in [0.2, 0.25) is 5.91 Å². The van der Waals surface area contributed by atoms with E-state index in [1.165, 1.54) is 11.1 Å². The lowest BCUT2D eigenvalue weighted by molar-refractivity contribution is -0.119. The summed E-state index contributed by atoms with van der Waals surface area (Å²) in [5.41, 5.74) is 2.39. The number of benzene rings is 2. The quantitative estimate of drug-likeness (QED) is 0.276. The highest BCUT2D eigenvalue weighted by Crippen LogP contribution is 2.28. The Hall–Kier alpha value is -3.22. The molecule has 0 aromatic heterocycles. The van der Waals surface area contributed by atoms with E-state index < -0.39 is 0 Å². The minimum Gasteiger partial charge on any atom is -0.493 e. The monoisotopic (exact) mass is 426 g/mol. The first-order valence-electron chi connectivity index (χ1n) is 10.7. The molecule has 0 fully saturated rings. The minimum atomic E-state index is -0.0550. The molecule has 0 unspecified atom stereocenters. The fourth-order valence-electron chi connectivity index (χ4n) is 3.08. The van der Waals surface area contributed by atoms with Crippen LogP contribution < -0.4 is 25.4 Å². The zero-order valence-corrected chi connectivity index (χ0v) is 18.7. The number of aryl methyl sites for hydroxylation is 1. The van der Waals surface area contributed by atoms with Gasteiger partial charge in [0.05, 0.1) is 20.3 Å². The number of nitrogens with zero attached hydrogens (tertiary/aromatic N) is 1. The molecule has 2 aromatic carbocycles. The number of aliphatic imine (C=N–C) groups is 1. The Bertz CT molecular complexity index is 825. The van der Waals surface area contributed by atoms with Crippen LogP contribution in [0, 0.1) is 0 Å². The molecule has 0 bridgehead atoms. The lowest BCUT2D eigenvalue weighted by Gasteiger charge is -2.13. The van der Waals surface area contributed by atoms with Crippen molar-refractivity contribution in [2.75, 3.05) is 40.4 Å². The fourth-order valence-corrected chi connectivity index (χ4v) is 3.08. The van der Waals surface area contributed by atoms with Gasteiger partial charge in [0.15, 0.2) is 17.5 Å². The summed E-state index contributed by atoms with van der Waals surface area (Å²) >= 11 is 0. The Kier molecular flexibility index (Phi) is 10.8. The Morgan fingerprint density at radius 3 is 2.45 bits per heavy atom. The predicted octanol–water partition coefficient (Wildman–Crippen LogP) is 2.55. The molecule has 2 aromatic rings. The molecule has 168 valence electrons. The predicted molar refractivity (Wildman–Crippen MR) is 125 cm³/mol. The Labute approximate surface area is 185 Å². The molecule has 0 aliphatic heterocycles. The molecular formula is C24H34N4O3. The molecule has 0 aliphatic carbocycles. The highest BCUT2D eigenvalue weighted by molar-refractivity contribution is 5.86. The summed E-state index contributed by atoms with van der Waals surface area (Å²) in [5.74, 6) is 2.07. The molecule has 1 amide bonds. The number of amides is 1. The van der Waals surface area contributed by atoms with Crippen LogP contribution in [0.15, 0.2) is 53.5 Å². The Balaban J connectivity index is 1.64. The van der Waals surface area contributed by atoms with E-state index in [1.807, 2.05) is 43.3 Å². The van der Waals surface area contributed by atoms with Crippen LogP contribution in [0.5, 0.6) is 11.5 Å². The van der Waals surface area contributed by atoms with Crippen LogP contribution in [-0.2, 0) is 17.6 Å². The van der Waals surface area contributed by atoms with Crippen molar-refractivity contribution in [1.82, 2.24) is 16.0 Å². The average molecular weight is 427 g/mol. The summed E-state index contributed by atoms with van der Waals surface area (Å²) in [6.07, 6.45) is 2.63. The molecule has 7 heteroatoms. The topological polar surface area (TPSA) is 84.0 Å². The van der Waals surface area contributed by atoms with Gasteiger partial charge in [-0.3, -0.25) is 9.79 Å². The summed E-state index contributed by atoms with van der Waals surface area (Å²) in [6.45, 7) is 4.10. The minimum absolute atomic E-state index is 0.0550. The normalized spacial score (nSPS) is 11.0. The van der Waals surface area contributed by atoms with E-state index in [9.17, 15) is 4.79 Å². The smallest absolute Gasteiger partial charge is 0.239 e. The van der Waals surface area contributed by atoms with Gasteiger partial charge in [-0.25, -0.2) is 0 Å². The third-order valence-electron chi connectivity index (χ3n) is 4.68. The van der Waals surface area contributed by atoms with E-state index >= 15 is 0 Å². The fraction of sp³-hybridized carbons (Fsp3) is 0.417. The van der Waals surface area contributed by atoms with Gasteiger partial charge in [-0.05, 0) is 49.4 Å². The first-order valence-corrected chi connectivity index (χ1v) is 10.7. The van der Waals surface area contributed by atoms with Crippen molar-refractivity contribution in [1.29, 1.82) is 0 Å². The van der Waals surface area contributed by atoms with Crippen molar-refractivity contribution in [2.45, 2.75) is 26.2 Å². The molecule has 0 atom stereocenters. The third kappa shape index (κ3) is 8.99. The van der Waals surface area contributed by atoms with Gasteiger partial charge < -0.3 is 25.4 Å². The second kappa shape index (κ2) is 13.9. The second-order valence-electron chi connectivity index (χ2n) is 6.96. The van der Waals surface area contributed by atoms with Gasteiger partial charge in [-0.2, -0.15) is 0 Å². The summed E-state index contributed by atoms with van der Waals surface area (Å²) in [4.78, 5) is 16.2. The van der Waals surface area contributed by atoms with Gasteiger partial charge in [0, 0.05) is 20.1 Å². The first-order chi connectivity index (χ1) is 15.2. The van der Waals surface area contributed by atoms with Crippen LogP contribution >= 0.6 is 0 Å². The molecule has 31 heavy (non-hydrogen) atoms. The zero-order valence-electron chi connectivity index (χ0n) is 18.7. The number of carbonyl (C=O) groups excluding carboxylic acids is 1. The number of hydrogen-bond acceptors (Lipinski definition) is 4. The molecule has 0 radical (unpaired) electrons. The van der Waals surface area contributed by atoms with Gasteiger partial charge in [-0.1, -0.05) is 36.4 Å². The zero-order chi connectivity index (χ0) is 22.3. The van der Waals surface area contributed by atoms with Crippen LogP contribution in [0.4, 0.5) is 0 Å². The number of guanidine groups is 1. The molecular weight excluding hydrogens is 392 g/mol. The molecule has 2 rings (SSSR count). The Morgan fingerprint density at radius 2 is 1.74 bits per heavy atom. The van der Waals surface area contributed by atoms with Crippen molar-refractivity contribution >= 4 is 11.9 Å². The number of carbonyl (C=O) groups is 1. The SMILES string of the molecule is CCOc1cc(CCCNC(=NC)NCC(=O)NCCc2ccccc2)ccc1OC. The second-order valence-corrected chi connectivity index (χ2v) is 6.96. The highest BCUT2D eigenvalue weighted by Gasteiger charge is 2.06. The van der Waals surface area contributed by atoms with Crippen LogP contribution in [0.1, 0.15) is 24.5 Å². The molecule has 0 spiro atoms. The lowest BCUT2D eigenvalue weighted by Crippen LogP contribution is -2.43. The van der Waals surface area contributed by atoms with E-state index in [0.29, 0.717) is 19.1 Å². The number of hydrogen-bond donors (Lipinski definition) is 3. The van der Waals surface area contributed by atoms with E-state index in [4.69, 9.17) is 9.47 Å². The molecule has 0 heterocycles. The van der Waals surface area contributed by atoms with Gasteiger partial charge in [-0.15, -0.1) is 0 Å². The number of rotatable bonds is 12. The largest absolute Gasteiger partial charge is 0.493 e. The maximum Gasteiger partial charge on any atom is 0.239 e. The van der Waals surface area contributed by atoms with E-state index in [-0.39, 0.29) is 12.5 Å². The maximum atomic E-state index is 12.0. The molecule has 0 aliphatic rings.